The number of imide groups is 1. The summed E-state index contributed by atoms with van der Waals surface area (Å²) in [6.07, 6.45) is 3.86. The Bertz CT molecular complexity index is 1140. The summed E-state index contributed by atoms with van der Waals surface area (Å²) >= 11 is 4.19. The number of benzene rings is 2. The summed E-state index contributed by atoms with van der Waals surface area (Å²) in [5.41, 5.74) is 2.47. The molecule has 178 valence electrons. The predicted octanol–water partition coefficient (Wildman–Crippen LogP) is 5.36. The minimum atomic E-state index is -1.01. The van der Waals surface area contributed by atoms with Crippen LogP contribution < -0.4 is 9.47 Å². The summed E-state index contributed by atoms with van der Waals surface area (Å²) in [6, 6.07) is 10.4. The van der Waals surface area contributed by atoms with Gasteiger partial charge in [-0.15, -0.1) is 6.58 Å². The van der Waals surface area contributed by atoms with Crippen molar-refractivity contribution in [3.05, 3.63) is 75.1 Å². The molecule has 1 saturated heterocycles. The maximum atomic E-state index is 12.8. The number of halogens is 1. The Balaban J connectivity index is 1.91. The van der Waals surface area contributed by atoms with E-state index in [2.05, 4.69) is 27.2 Å². The highest BCUT2D eigenvalue weighted by Crippen LogP contribution is 2.38. The molecule has 34 heavy (non-hydrogen) atoms. The average molecular weight is 546 g/mol. The summed E-state index contributed by atoms with van der Waals surface area (Å²) in [4.78, 5) is 38.2. The molecule has 9 heteroatoms. The Kier molecular flexibility index (Phi) is 8.57. The van der Waals surface area contributed by atoms with E-state index in [1.54, 1.807) is 18.2 Å². The number of esters is 1. The molecule has 0 unspecified atom stereocenters. The average Bonchev–Trinajstić information content (AvgIpc) is 3.10. The van der Waals surface area contributed by atoms with Crippen LogP contribution in [-0.4, -0.2) is 42.3 Å². The number of hydrogen-bond acceptors (Lipinski definition) is 7. The van der Waals surface area contributed by atoms with Crippen LogP contribution in [0, 0.1) is 0 Å². The summed E-state index contributed by atoms with van der Waals surface area (Å²) in [5.74, 6) is -0.141. The molecular weight excluding hydrogens is 522 g/mol. The van der Waals surface area contributed by atoms with Crippen molar-refractivity contribution in [3.63, 3.8) is 0 Å². The molecule has 1 fully saturated rings. The fourth-order valence-corrected chi connectivity index (χ4v) is 4.54. The third-order valence-corrected chi connectivity index (χ3v) is 6.50. The second-order valence-electron chi connectivity index (χ2n) is 7.37. The van der Waals surface area contributed by atoms with Gasteiger partial charge in [0.25, 0.3) is 11.1 Å². The van der Waals surface area contributed by atoms with Crippen LogP contribution in [0.4, 0.5) is 4.79 Å². The Morgan fingerprint density at radius 1 is 1.21 bits per heavy atom. The van der Waals surface area contributed by atoms with Gasteiger partial charge in [-0.25, -0.2) is 4.79 Å². The van der Waals surface area contributed by atoms with Crippen molar-refractivity contribution >= 4 is 50.9 Å². The highest BCUT2D eigenvalue weighted by Gasteiger charge is 2.41. The van der Waals surface area contributed by atoms with E-state index in [0.29, 0.717) is 30.1 Å². The van der Waals surface area contributed by atoms with Crippen LogP contribution in [0.1, 0.15) is 23.6 Å². The van der Waals surface area contributed by atoms with Crippen LogP contribution in [-0.2, 0) is 27.4 Å². The quantitative estimate of drug-likeness (QED) is 0.238. The number of carbonyl (C=O) groups is 3. The van der Waals surface area contributed by atoms with Crippen molar-refractivity contribution in [1.29, 1.82) is 0 Å². The van der Waals surface area contributed by atoms with Gasteiger partial charge in [-0.2, -0.15) is 0 Å². The first kappa shape index (κ1) is 25.6. The largest absolute Gasteiger partial charge is 0.493 e. The molecule has 0 spiro atoms. The number of rotatable bonds is 9. The van der Waals surface area contributed by atoms with Crippen molar-refractivity contribution < 1.29 is 28.6 Å². The van der Waals surface area contributed by atoms with Crippen LogP contribution in [0.3, 0.4) is 0 Å². The predicted molar refractivity (Wildman–Crippen MR) is 135 cm³/mol. The number of amides is 2. The molecule has 3 rings (SSSR count). The summed E-state index contributed by atoms with van der Waals surface area (Å²) < 4.78 is 17.3. The van der Waals surface area contributed by atoms with E-state index >= 15 is 0 Å². The van der Waals surface area contributed by atoms with Gasteiger partial charge in [0.2, 0.25) is 0 Å². The molecule has 1 aliphatic heterocycles. The van der Waals surface area contributed by atoms with E-state index in [9.17, 15) is 14.4 Å². The van der Waals surface area contributed by atoms with Crippen LogP contribution >= 0.6 is 27.7 Å². The fourth-order valence-electron chi connectivity index (χ4n) is 3.37. The molecule has 1 atom stereocenters. The number of hydrogen-bond donors (Lipinski definition) is 0. The molecule has 0 saturated carbocycles. The minimum Gasteiger partial charge on any atom is -0.493 e. The van der Waals surface area contributed by atoms with E-state index in [1.807, 2.05) is 30.3 Å². The van der Waals surface area contributed by atoms with Crippen molar-refractivity contribution in [3.8, 4) is 11.5 Å². The zero-order chi connectivity index (χ0) is 24.8. The molecule has 0 aliphatic carbocycles. The van der Waals surface area contributed by atoms with Gasteiger partial charge in [-0.3, -0.25) is 14.5 Å². The topological polar surface area (TPSA) is 82.1 Å². The molecule has 0 bridgehead atoms. The van der Waals surface area contributed by atoms with Crippen LogP contribution in [0.5, 0.6) is 11.5 Å². The van der Waals surface area contributed by atoms with Crippen LogP contribution in [0.25, 0.3) is 6.08 Å². The highest BCUT2D eigenvalue weighted by atomic mass is 79.9. The number of nitrogens with zero attached hydrogens (tertiary/aromatic N) is 1. The number of carbonyl (C=O) groups excluding carboxylic acids is 3. The van der Waals surface area contributed by atoms with E-state index in [1.165, 1.54) is 21.1 Å². The lowest BCUT2D eigenvalue weighted by Crippen LogP contribution is -2.42. The van der Waals surface area contributed by atoms with E-state index < -0.39 is 23.2 Å². The fraction of sp³-hybridized carbons (Fsp3) is 0.240. The molecule has 7 nitrogen and oxygen atoms in total. The molecule has 1 heterocycles. The maximum absolute atomic E-state index is 12.8. The smallest absolute Gasteiger partial charge is 0.328 e. The lowest BCUT2D eigenvalue weighted by Gasteiger charge is -2.18. The molecule has 2 aromatic carbocycles. The minimum absolute atomic E-state index is 0.205. The zero-order valence-corrected chi connectivity index (χ0v) is 21.4. The Labute approximate surface area is 210 Å². The molecule has 0 radical (unpaired) electrons. The number of thioether (sulfide) groups is 1. The third kappa shape index (κ3) is 5.71. The van der Waals surface area contributed by atoms with Gasteiger partial charge >= 0.3 is 5.97 Å². The van der Waals surface area contributed by atoms with Gasteiger partial charge in [0.15, 0.2) is 11.5 Å². The maximum Gasteiger partial charge on any atom is 0.328 e. The molecule has 2 amide bonds. The molecule has 0 N–H and O–H groups in total. The summed E-state index contributed by atoms with van der Waals surface area (Å²) in [5, 5.41) is -0.526. The normalized spacial score (nSPS) is 15.4. The summed E-state index contributed by atoms with van der Waals surface area (Å²) in [6.45, 7) is 5.62. The molecular formula is C25H24BrNO6S. The standard InChI is InChI=1S/C25H24BrNO6S/c1-5-6-18-11-17(13-21-23(28)27(25(30)34-21)15(2)24(29)32-4)12-20(31-3)22(18)33-14-16-7-9-19(26)10-8-16/h5,7-13,15H,1,6,14H2,2-4H3/b21-13+/t15-/m0/s1. The van der Waals surface area contributed by atoms with Gasteiger partial charge in [0, 0.05) is 10.0 Å². The lowest BCUT2D eigenvalue weighted by molar-refractivity contribution is -0.148. The SMILES string of the molecule is C=CCc1cc(/C=C2/SC(=O)N([C@@H](C)C(=O)OC)C2=O)cc(OC)c1OCc1ccc(Br)cc1. The second kappa shape index (κ2) is 11.4. The van der Waals surface area contributed by atoms with E-state index in [-0.39, 0.29) is 4.91 Å². The Morgan fingerprint density at radius 3 is 2.53 bits per heavy atom. The van der Waals surface area contributed by atoms with Gasteiger partial charge in [0.1, 0.15) is 12.6 Å². The van der Waals surface area contributed by atoms with Crippen molar-refractivity contribution in [2.75, 3.05) is 14.2 Å². The van der Waals surface area contributed by atoms with Gasteiger partial charge < -0.3 is 14.2 Å². The van der Waals surface area contributed by atoms with Crippen LogP contribution in [0.15, 0.2) is 58.4 Å². The third-order valence-electron chi connectivity index (χ3n) is 5.09. The lowest BCUT2D eigenvalue weighted by atomic mass is 10.0. The van der Waals surface area contributed by atoms with E-state index in [4.69, 9.17) is 9.47 Å². The van der Waals surface area contributed by atoms with Crippen molar-refractivity contribution in [2.24, 2.45) is 0 Å². The van der Waals surface area contributed by atoms with Gasteiger partial charge in [-0.05, 0) is 66.6 Å². The van der Waals surface area contributed by atoms with Crippen molar-refractivity contribution in [2.45, 2.75) is 26.0 Å². The monoisotopic (exact) mass is 545 g/mol. The number of allylic oxidation sites excluding steroid dienone is 1. The molecule has 1 aliphatic rings. The van der Waals surface area contributed by atoms with Crippen LogP contribution in [0.2, 0.25) is 0 Å². The summed E-state index contributed by atoms with van der Waals surface area (Å²) in [7, 11) is 2.75. The molecule has 0 aromatic heterocycles. The number of ether oxygens (including phenoxy) is 3. The first-order valence-electron chi connectivity index (χ1n) is 10.3. The molecule has 2 aromatic rings. The van der Waals surface area contributed by atoms with Gasteiger partial charge in [0.05, 0.1) is 19.1 Å². The van der Waals surface area contributed by atoms with E-state index in [0.717, 1.165) is 32.3 Å². The Morgan fingerprint density at radius 2 is 1.91 bits per heavy atom. The van der Waals surface area contributed by atoms with Gasteiger partial charge in [-0.1, -0.05) is 34.1 Å². The number of methoxy groups -OCH3 is 2. The Hall–Kier alpha value is -3.04. The first-order valence-corrected chi connectivity index (χ1v) is 11.9. The second-order valence-corrected chi connectivity index (χ2v) is 9.28. The van der Waals surface area contributed by atoms with Crippen molar-refractivity contribution in [1.82, 2.24) is 4.90 Å². The first-order chi connectivity index (χ1) is 16.3. The zero-order valence-electron chi connectivity index (χ0n) is 19.0. The highest BCUT2D eigenvalue weighted by molar-refractivity contribution is 9.10.